The maximum absolute atomic E-state index is 13.0. The zero-order chi connectivity index (χ0) is 16.4. The van der Waals surface area contributed by atoms with Crippen molar-refractivity contribution in [2.24, 2.45) is 0 Å². The molecule has 2 aromatic rings. The first kappa shape index (κ1) is 15.5. The number of carbonyl (C=O) groups excluding carboxylic acids is 1. The Hall–Kier alpha value is -2.43. The fraction of sp³-hybridized carbons (Fsp3) is 0.333. The Morgan fingerprint density at radius 3 is 2.74 bits per heavy atom. The summed E-state index contributed by atoms with van der Waals surface area (Å²) in [6.45, 7) is 3.94. The molecule has 1 atom stereocenters. The molecule has 3 rings (SSSR count). The van der Waals surface area contributed by atoms with Crippen LogP contribution >= 0.6 is 0 Å². The Morgan fingerprint density at radius 2 is 2.09 bits per heavy atom. The highest BCUT2D eigenvalue weighted by Crippen LogP contribution is 2.24. The molecule has 0 spiro atoms. The van der Waals surface area contributed by atoms with Crippen LogP contribution in [0.1, 0.15) is 47.4 Å². The van der Waals surface area contributed by atoms with E-state index in [1.54, 1.807) is 6.07 Å². The van der Waals surface area contributed by atoms with Crippen molar-refractivity contribution in [1.82, 2.24) is 10.3 Å². The second-order valence-electron chi connectivity index (χ2n) is 6.04. The van der Waals surface area contributed by atoms with Crippen molar-refractivity contribution in [3.8, 4) is 0 Å². The zero-order valence-corrected chi connectivity index (χ0v) is 13.3. The molecule has 23 heavy (non-hydrogen) atoms. The van der Waals surface area contributed by atoms with E-state index in [1.807, 2.05) is 32.0 Å². The molecule has 0 aliphatic heterocycles. The number of hydrogen-bond donors (Lipinski definition) is 2. The first-order valence-corrected chi connectivity index (χ1v) is 7.82. The molecule has 0 bridgehead atoms. The Morgan fingerprint density at radius 1 is 1.30 bits per heavy atom. The van der Waals surface area contributed by atoms with Gasteiger partial charge in [0.2, 0.25) is 0 Å². The van der Waals surface area contributed by atoms with E-state index in [-0.39, 0.29) is 17.8 Å². The van der Waals surface area contributed by atoms with Gasteiger partial charge in [-0.25, -0.2) is 4.39 Å². The van der Waals surface area contributed by atoms with Gasteiger partial charge in [0.05, 0.1) is 17.9 Å². The number of nitrogens with zero attached hydrogens (tertiary/aromatic N) is 1. The molecule has 1 aliphatic carbocycles. The van der Waals surface area contributed by atoms with Gasteiger partial charge < -0.3 is 10.6 Å². The molecular formula is C18H20FN3O. The number of amides is 1. The lowest BCUT2D eigenvalue weighted by molar-refractivity contribution is 0.0951. The maximum Gasteiger partial charge on any atom is 0.251 e. The number of halogens is 1. The van der Waals surface area contributed by atoms with Gasteiger partial charge in [0, 0.05) is 17.3 Å². The van der Waals surface area contributed by atoms with E-state index < -0.39 is 0 Å². The summed E-state index contributed by atoms with van der Waals surface area (Å²) in [5, 5.41) is 6.33. The average molecular weight is 313 g/mol. The monoisotopic (exact) mass is 313 g/mol. The van der Waals surface area contributed by atoms with Crippen molar-refractivity contribution in [1.29, 1.82) is 0 Å². The van der Waals surface area contributed by atoms with Crippen molar-refractivity contribution in [3.63, 3.8) is 0 Å². The minimum atomic E-state index is -0.351. The van der Waals surface area contributed by atoms with Gasteiger partial charge in [0.15, 0.2) is 0 Å². The average Bonchev–Trinajstić information content (AvgIpc) is 3.34. The molecule has 1 amide bonds. The summed E-state index contributed by atoms with van der Waals surface area (Å²) < 4.78 is 13.0. The van der Waals surface area contributed by atoms with E-state index in [0.717, 1.165) is 29.8 Å². The number of rotatable bonds is 5. The number of aromatic nitrogens is 1. The third-order valence-electron chi connectivity index (χ3n) is 3.98. The molecular weight excluding hydrogens is 293 g/mol. The van der Waals surface area contributed by atoms with Gasteiger partial charge in [-0.05, 0) is 56.5 Å². The molecule has 0 radical (unpaired) electrons. The second-order valence-corrected chi connectivity index (χ2v) is 6.04. The van der Waals surface area contributed by atoms with E-state index in [2.05, 4.69) is 15.6 Å². The molecule has 1 aromatic carbocycles. The van der Waals surface area contributed by atoms with Crippen molar-refractivity contribution in [2.45, 2.75) is 38.8 Å². The smallest absolute Gasteiger partial charge is 0.251 e. The Bertz CT molecular complexity index is 711. The molecule has 4 nitrogen and oxygen atoms in total. The molecule has 0 saturated heterocycles. The second kappa shape index (κ2) is 6.36. The lowest BCUT2D eigenvalue weighted by Gasteiger charge is -2.17. The van der Waals surface area contributed by atoms with E-state index in [9.17, 15) is 9.18 Å². The standard InChI is InChI=1S/C18H20FN3O/c1-11-3-4-13(18(23)22-15-6-7-15)9-17(11)21-12(2)16-8-5-14(19)10-20-16/h3-5,8-10,12,15,21H,6-7H2,1-2H3,(H,22,23). The van der Waals surface area contributed by atoms with Gasteiger partial charge in [-0.1, -0.05) is 6.07 Å². The first-order chi connectivity index (χ1) is 11.0. The van der Waals surface area contributed by atoms with Gasteiger partial charge in [0.25, 0.3) is 5.91 Å². The maximum atomic E-state index is 13.0. The van der Waals surface area contributed by atoms with E-state index in [1.165, 1.54) is 12.3 Å². The SMILES string of the molecule is Cc1ccc(C(=O)NC2CC2)cc1NC(C)c1ccc(F)cn1. The summed E-state index contributed by atoms with van der Waals surface area (Å²) in [7, 11) is 0. The van der Waals surface area contributed by atoms with E-state index in [4.69, 9.17) is 0 Å². The first-order valence-electron chi connectivity index (χ1n) is 7.82. The lowest BCUT2D eigenvalue weighted by atomic mass is 10.1. The predicted molar refractivity (Wildman–Crippen MR) is 87.9 cm³/mol. The molecule has 5 heteroatoms. The third-order valence-corrected chi connectivity index (χ3v) is 3.98. The zero-order valence-electron chi connectivity index (χ0n) is 13.3. The van der Waals surface area contributed by atoms with Crippen LogP contribution in [0, 0.1) is 12.7 Å². The number of aryl methyl sites for hydroxylation is 1. The largest absolute Gasteiger partial charge is 0.377 e. The Labute approximate surface area is 135 Å². The van der Waals surface area contributed by atoms with Gasteiger partial charge in [0.1, 0.15) is 5.82 Å². The van der Waals surface area contributed by atoms with Crippen LogP contribution in [0.4, 0.5) is 10.1 Å². The predicted octanol–water partition coefficient (Wildman–Crippen LogP) is 3.59. The summed E-state index contributed by atoms with van der Waals surface area (Å²) in [5.74, 6) is -0.390. The number of anilines is 1. The van der Waals surface area contributed by atoms with Crippen LogP contribution < -0.4 is 10.6 Å². The molecule has 1 saturated carbocycles. The minimum Gasteiger partial charge on any atom is -0.377 e. The normalized spacial score (nSPS) is 15.1. The minimum absolute atomic E-state index is 0.0388. The lowest BCUT2D eigenvalue weighted by Crippen LogP contribution is -2.25. The summed E-state index contributed by atoms with van der Waals surface area (Å²) in [6, 6.07) is 8.92. The Balaban J connectivity index is 1.75. The molecule has 1 aromatic heterocycles. The van der Waals surface area contributed by atoms with Crippen molar-refractivity contribution in [2.75, 3.05) is 5.32 Å². The molecule has 1 heterocycles. The fourth-order valence-corrected chi connectivity index (χ4v) is 2.37. The number of benzene rings is 1. The fourth-order valence-electron chi connectivity index (χ4n) is 2.37. The van der Waals surface area contributed by atoms with E-state index in [0.29, 0.717) is 11.6 Å². The van der Waals surface area contributed by atoms with Crippen LogP contribution in [0.2, 0.25) is 0 Å². The van der Waals surface area contributed by atoms with E-state index >= 15 is 0 Å². The molecule has 120 valence electrons. The summed E-state index contributed by atoms with van der Waals surface area (Å²) in [6.07, 6.45) is 3.34. The number of pyridine rings is 1. The molecule has 1 unspecified atom stereocenters. The molecule has 1 fully saturated rings. The highest BCUT2D eigenvalue weighted by atomic mass is 19.1. The van der Waals surface area contributed by atoms with Gasteiger partial charge in [-0.15, -0.1) is 0 Å². The summed E-state index contributed by atoms with van der Waals surface area (Å²) in [4.78, 5) is 16.3. The number of nitrogens with one attached hydrogen (secondary N) is 2. The van der Waals surface area contributed by atoms with Crippen LogP contribution in [0.3, 0.4) is 0 Å². The van der Waals surface area contributed by atoms with Crippen LogP contribution in [0.15, 0.2) is 36.5 Å². The Kier molecular flexibility index (Phi) is 4.28. The number of hydrogen-bond acceptors (Lipinski definition) is 3. The van der Waals surface area contributed by atoms with Gasteiger partial charge >= 0.3 is 0 Å². The molecule has 2 N–H and O–H groups in total. The van der Waals surface area contributed by atoms with Crippen LogP contribution in [0.25, 0.3) is 0 Å². The third kappa shape index (κ3) is 3.86. The highest BCUT2D eigenvalue weighted by Gasteiger charge is 2.24. The highest BCUT2D eigenvalue weighted by molar-refractivity contribution is 5.95. The summed E-state index contributed by atoms with van der Waals surface area (Å²) >= 11 is 0. The van der Waals surface area contributed by atoms with Gasteiger partial charge in [-0.2, -0.15) is 0 Å². The van der Waals surface area contributed by atoms with Crippen molar-refractivity contribution >= 4 is 11.6 Å². The molecule has 1 aliphatic rings. The van der Waals surface area contributed by atoms with Crippen molar-refractivity contribution in [3.05, 3.63) is 59.2 Å². The van der Waals surface area contributed by atoms with Crippen LogP contribution in [-0.4, -0.2) is 16.9 Å². The topological polar surface area (TPSA) is 54.0 Å². The summed E-state index contributed by atoms with van der Waals surface area (Å²) in [5.41, 5.74) is 3.32. The van der Waals surface area contributed by atoms with Crippen molar-refractivity contribution < 1.29 is 9.18 Å². The van der Waals surface area contributed by atoms with Crippen LogP contribution in [0.5, 0.6) is 0 Å². The van der Waals surface area contributed by atoms with Gasteiger partial charge in [-0.3, -0.25) is 9.78 Å². The quantitative estimate of drug-likeness (QED) is 0.887. The number of carbonyl (C=O) groups is 1. The van der Waals surface area contributed by atoms with Crippen LogP contribution in [-0.2, 0) is 0 Å².